The Hall–Kier alpha value is -2.79. The summed E-state index contributed by atoms with van der Waals surface area (Å²) >= 11 is 0. The lowest BCUT2D eigenvalue weighted by Gasteiger charge is -2.07. The van der Waals surface area contributed by atoms with Gasteiger partial charge in [0.1, 0.15) is 12.0 Å². The molecule has 0 fully saturated rings. The number of ether oxygens (including phenoxy) is 1. The lowest BCUT2D eigenvalue weighted by atomic mass is 10.0. The highest BCUT2D eigenvalue weighted by molar-refractivity contribution is 6.01. The van der Waals surface area contributed by atoms with E-state index >= 15 is 0 Å². The summed E-state index contributed by atoms with van der Waals surface area (Å²) in [6.45, 7) is 2.66. The topological polar surface area (TPSA) is 54.0 Å². The fraction of sp³-hybridized carbons (Fsp3) is 0.190. The van der Waals surface area contributed by atoms with E-state index in [9.17, 15) is 0 Å². The van der Waals surface area contributed by atoms with Crippen LogP contribution < -0.4 is 10.5 Å². The molecule has 0 unspecified atom stereocenters. The first-order valence-electron chi connectivity index (χ1n) is 8.63. The number of aromatic nitrogens is 1. The van der Waals surface area contributed by atoms with Crippen LogP contribution in [0.4, 0.5) is 0 Å². The molecule has 130 valence electrons. The van der Waals surface area contributed by atoms with Crippen molar-refractivity contribution in [3.8, 4) is 5.75 Å². The second-order valence-corrected chi connectivity index (χ2v) is 6.21. The Kier molecular flexibility index (Phi) is 5.59. The number of allylic oxidation sites excluding steroid dienone is 2. The third-order valence-corrected chi connectivity index (χ3v) is 4.39. The molecule has 0 bridgehead atoms. The van der Waals surface area contributed by atoms with Crippen molar-refractivity contribution in [2.24, 2.45) is 5.73 Å². The highest BCUT2D eigenvalue weighted by Gasteiger charge is 2.20. The van der Waals surface area contributed by atoms with Crippen molar-refractivity contribution in [1.82, 2.24) is 4.98 Å². The Morgan fingerprint density at radius 2 is 2.04 bits per heavy atom. The fourth-order valence-electron chi connectivity index (χ4n) is 3.06. The zero-order chi connectivity index (χ0) is 18.5. The van der Waals surface area contributed by atoms with E-state index in [-0.39, 0.29) is 0 Å². The Morgan fingerprint density at radius 3 is 2.65 bits per heavy atom. The Morgan fingerprint density at radius 1 is 1.27 bits per heavy atom. The van der Waals surface area contributed by atoms with Crippen LogP contribution in [0.25, 0.3) is 17.7 Å². The van der Waals surface area contributed by atoms with E-state index in [1.54, 1.807) is 11.6 Å². The van der Waals surface area contributed by atoms with Crippen molar-refractivity contribution in [3.63, 3.8) is 0 Å². The minimum Gasteiger partial charge on any atom is -0.497 e. The maximum atomic E-state index is 6.04. The van der Waals surface area contributed by atoms with E-state index in [1.165, 1.54) is 5.56 Å². The number of aryl methyl sites for hydroxylation is 1. The number of benzene rings is 1. The molecule has 2 heterocycles. The first-order chi connectivity index (χ1) is 12.6. The molecule has 1 aliphatic heterocycles. The fourth-order valence-corrected chi connectivity index (χ4v) is 3.06. The number of nitrogens with one attached hydrogen (secondary N) is 1. The standard InChI is InChI=1S/C21H23BN3O/c1-15-14-17(8-5-16-6-9-18(26-2)10-7-16)24-21(15)19(11-12-23)20-4-3-13-25(20)22/h3-10,13-14,24H,11-12,23H2,1-2H3/q+1/b8-5+. The number of hydrogen-bond acceptors (Lipinski definition) is 2. The first-order valence-corrected chi connectivity index (χ1v) is 8.63. The summed E-state index contributed by atoms with van der Waals surface area (Å²) in [5, 5.41) is 0. The van der Waals surface area contributed by atoms with Crippen LogP contribution in [0.2, 0.25) is 0 Å². The summed E-state index contributed by atoms with van der Waals surface area (Å²) in [5.74, 6) is 0.853. The third kappa shape index (κ3) is 3.89. The van der Waals surface area contributed by atoms with E-state index < -0.39 is 0 Å². The van der Waals surface area contributed by atoms with Crippen molar-refractivity contribution >= 4 is 31.9 Å². The van der Waals surface area contributed by atoms with Crippen molar-refractivity contribution in [1.29, 1.82) is 0 Å². The van der Waals surface area contributed by atoms with E-state index in [4.69, 9.17) is 18.5 Å². The van der Waals surface area contributed by atoms with Gasteiger partial charge in [-0.25, -0.2) is 0 Å². The van der Waals surface area contributed by atoms with Crippen LogP contribution in [-0.2, 0) is 0 Å². The molecule has 4 nitrogen and oxygen atoms in total. The van der Waals surface area contributed by atoms with Gasteiger partial charge >= 0.3 is 7.98 Å². The molecule has 1 aromatic heterocycles. The number of nitrogens with zero attached hydrogens (tertiary/aromatic N) is 1. The highest BCUT2D eigenvalue weighted by Crippen LogP contribution is 2.27. The molecular formula is C21H23BN3O+. The number of H-pyrrole nitrogens is 1. The number of nitrogens with two attached hydrogens (primary N) is 1. The van der Waals surface area contributed by atoms with Gasteiger partial charge in [0.25, 0.3) is 0 Å². The van der Waals surface area contributed by atoms with Crippen molar-refractivity contribution in [2.45, 2.75) is 13.3 Å². The van der Waals surface area contributed by atoms with Gasteiger partial charge in [0.2, 0.25) is 0 Å². The molecule has 3 rings (SSSR count). The molecule has 1 aliphatic rings. The van der Waals surface area contributed by atoms with Crippen LogP contribution in [0, 0.1) is 6.92 Å². The number of methoxy groups -OCH3 is 1. The summed E-state index contributed by atoms with van der Waals surface area (Å²) in [6.07, 6.45) is 10.7. The van der Waals surface area contributed by atoms with Crippen LogP contribution in [-0.4, -0.2) is 37.3 Å². The van der Waals surface area contributed by atoms with Gasteiger partial charge in [0.05, 0.1) is 12.8 Å². The number of hydrogen-bond donors (Lipinski definition) is 2. The van der Waals surface area contributed by atoms with Crippen LogP contribution in [0.3, 0.4) is 0 Å². The number of rotatable bonds is 6. The monoisotopic (exact) mass is 344 g/mol. The van der Waals surface area contributed by atoms with E-state index in [0.29, 0.717) is 6.54 Å². The third-order valence-electron chi connectivity index (χ3n) is 4.39. The van der Waals surface area contributed by atoms with Gasteiger partial charge in [-0.05, 0) is 55.3 Å². The summed E-state index contributed by atoms with van der Waals surface area (Å²) in [5.41, 5.74) is 12.3. The molecule has 26 heavy (non-hydrogen) atoms. The largest absolute Gasteiger partial charge is 0.586 e. The smallest absolute Gasteiger partial charge is 0.497 e. The molecule has 3 N–H and O–H groups in total. The summed E-state index contributed by atoms with van der Waals surface area (Å²) in [6, 6.07) is 10.1. The molecule has 0 aliphatic carbocycles. The summed E-state index contributed by atoms with van der Waals surface area (Å²) in [4.78, 5) is 3.50. The predicted octanol–water partition coefficient (Wildman–Crippen LogP) is 3.30. The quantitative estimate of drug-likeness (QED) is 0.790. The molecule has 0 amide bonds. The maximum Gasteiger partial charge on any atom is 0.586 e. The van der Waals surface area contributed by atoms with Gasteiger partial charge in [0.15, 0.2) is 5.70 Å². The molecule has 5 heteroatoms. The Bertz CT molecular complexity index is 902. The maximum absolute atomic E-state index is 6.04. The van der Waals surface area contributed by atoms with Gasteiger partial charge in [-0.15, -0.1) is 0 Å². The molecule has 1 aromatic carbocycles. The van der Waals surface area contributed by atoms with Crippen LogP contribution in [0.5, 0.6) is 5.75 Å². The van der Waals surface area contributed by atoms with E-state index in [0.717, 1.165) is 40.4 Å². The molecule has 0 atom stereocenters. The second-order valence-electron chi connectivity index (χ2n) is 6.21. The lowest BCUT2D eigenvalue weighted by molar-refractivity contribution is -0.294. The normalized spacial score (nSPS) is 15.6. The predicted molar refractivity (Wildman–Crippen MR) is 109 cm³/mol. The molecular weight excluding hydrogens is 321 g/mol. The average Bonchev–Trinajstić information content (AvgIpc) is 3.24. The van der Waals surface area contributed by atoms with Crippen LogP contribution >= 0.6 is 0 Å². The molecule has 0 saturated carbocycles. The lowest BCUT2D eigenvalue weighted by Crippen LogP contribution is -2.09. The zero-order valence-electron chi connectivity index (χ0n) is 15.2. The average molecular weight is 344 g/mol. The van der Waals surface area contributed by atoms with Gasteiger partial charge in [-0.3, -0.25) is 4.49 Å². The minimum absolute atomic E-state index is 0.565. The molecule has 0 saturated heterocycles. The van der Waals surface area contributed by atoms with Crippen molar-refractivity contribution in [3.05, 3.63) is 70.7 Å². The molecule has 2 radical (unpaired) electrons. The van der Waals surface area contributed by atoms with Crippen LogP contribution in [0.15, 0.2) is 48.2 Å². The van der Waals surface area contributed by atoms with Crippen molar-refractivity contribution in [2.75, 3.05) is 13.7 Å². The first kappa shape index (κ1) is 18.0. The molecule has 2 aromatic rings. The molecule has 0 spiro atoms. The number of aromatic amines is 1. The van der Waals surface area contributed by atoms with Gasteiger partial charge in [-0.1, -0.05) is 18.2 Å². The minimum atomic E-state index is 0.565. The SMILES string of the molecule is [B][N+]1=CC=CC1=C(CCN)c1[nH]c(/C=C/c2ccc(OC)cc2)cc1C. The van der Waals surface area contributed by atoms with E-state index in [2.05, 4.69) is 30.1 Å². The summed E-state index contributed by atoms with van der Waals surface area (Å²) in [7, 11) is 7.71. The van der Waals surface area contributed by atoms with Gasteiger partial charge in [-0.2, -0.15) is 0 Å². The second kappa shape index (κ2) is 8.06. The van der Waals surface area contributed by atoms with Crippen LogP contribution in [0.1, 0.15) is 28.9 Å². The highest BCUT2D eigenvalue weighted by atomic mass is 16.5. The zero-order valence-corrected chi connectivity index (χ0v) is 15.2. The Balaban J connectivity index is 1.89. The Labute approximate surface area is 155 Å². The van der Waals surface area contributed by atoms with Gasteiger partial charge in [0, 0.05) is 23.4 Å². The van der Waals surface area contributed by atoms with E-state index in [1.807, 2.05) is 42.6 Å². The summed E-state index contributed by atoms with van der Waals surface area (Å²) < 4.78 is 6.83. The van der Waals surface area contributed by atoms with Gasteiger partial charge < -0.3 is 15.5 Å². The van der Waals surface area contributed by atoms with Crippen molar-refractivity contribution < 1.29 is 9.22 Å².